The Balaban J connectivity index is 0.00000385. The minimum atomic E-state index is -1.22. The average Bonchev–Trinajstić information content (AvgIpc) is 2.73. The predicted molar refractivity (Wildman–Crippen MR) is 135 cm³/mol. The van der Waals surface area contributed by atoms with Gasteiger partial charge in [0.15, 0.2) is 0 Å². The van der Waals surface area contributed by atoms with E-state index in [2.05, 4.69) is 11.9 Å². The number of nitrogens with zero attached hydrogens (tertiary/aromatic N) is 1. The standard InChI is InChI=1S/C24H25Cl2FN2O3.H2S/c1-16(2)14-29(22(30)13-25)24(23(31)28-21-9-8-18(26)10-20(21)27)11-19(12-24)32-15-17-6-4-3-5-7-17;/h3-10,19H,1,11-15H2,2H3,(H,28,31);1H2. The molecule has 0 aliphatic heterocycles. The number of alkyl halides is 1. The molecule has 1 N–H and O–H groups in total. The van der Waals surface area contributed by atoms with Gasteiger partial charge in [-0.25, -0.2) is 4.39 Å². The van der Waals surface area contributed by atoms with E-state index in [1.807, 2.05) is 30.3 Å². The summed E-state index contributed by atoms with van der Waals surface area (Å²) in [5.74, 6) is -1.85. The SMILES string of the molecule is C=C(C)CN(C(=O)CCl)C1(C(=O)Nc2ccc(Cl)cc2F)CC(OCc2ccccc2)C1.S. The van der Waals surface area contributed by atoms with E-state index in [1.54, 1.807) is 6.92 Å². The average molecular weight is 513 g/mol. The summed E-state index contributed by atoms with van der Waals surface area (Å²) in [6.45, 7) is 6.18. The number of ether oxygens (including phenoxy) is 1. The highest BCUT2D eigenvalue weighted by atomic mass is 35.5. The lowest BCUT2D eigenvalue weighted by molar-refractivity contribution is -0.162. The van der Waals surface area contributed by atoms with E-state index in [0.29, 0.717) is 12.2 Å². The molecule has 3 rings (SSSR count). The normalized spacial score (nSPS) is 19.1. The summed E-state index contributed by atoms with van der Waals surface area (Å²) >= 11 is 11.7. The first kappa shape index (κ1) is 27.2. The van der Waals surface area contributed by atoms with Crippen LogP contribution in [-0.2, 0) is 20.9 Å². The number of carbonyl (C=O) groups is 2. The molecule has 0 spiro atoms. The number of nitrogens with one attached hydrogen (secondary N) is 1. The molecule has 1 saturated carbocycles. The van der Waals surface area contributed by atoms with Crippen LogP contribution in [-0.4, -0.2) is 40.8 Å². The molecule has 1 aliphatic carbocycles. The summed E-state index contributed by atoms with van der Waals surface area (Å²) < 4.78 is 20.3. The van der Waals surface area contributed by atoms with Crippen LogP contribution in [0.5, 0.6) is 0 Å². The van der Waals surface area contributed by atoms with Crippen molar-refractivity contribution in [3.8, 4) is 0 Å². The monoisotopic (exact) mass is 512 g/mol. The molecule has 9 heteroatoms. The van der Waals surface area contributed by atoms with Crippen LogP contribution in [0.1, 0.15) is 25.3 Å². The third-order valence-electron chi connectivity index (χ3n) is 5.42. The maximum Gasteiger partial charge on any atom is 0.250 e. The van der Waals surface area contributed by atoms with Crippen LogP contribution in [0.3, 0.4) is 0 Å². The maximum absolute atomic E-state index is 14.3. The van der Waals surface area contributed by atoms with Gasteiger partial charge in [0.2, 0.25) is 5.91 Å². The van der Waals surface area contributed by atoms with Crippen molar-refractivity contribution < 1.29 is 18.7 Å². The van der Waals surface area contributed by atoms with Crippen molar-refractivity contribution in [2.24, 2.45) is 0 Å². The van der Waals surface area contributed by atoms with Crippen LogP contribution >= 0.6 is 36.7 Å². The number of amides is 2. The topological polar surface area (TPSA) is 58.6 Å². The molecule has 1 fully saturated rings. The van der Waals surface area contributed by atoms with Crippen LogP contribution in [0.15, 0.2) is 60.7 Å². The third-order valence-corrected chi connectivity index (χ3v) is 5.89. The Labute approximate surface area is 210 Å². The number of rotatable bonds is 9. The second-order valence-corrected chi connectivity index (χ2v) is 8.71. The Morgan fingerprint density at radius 2 is 1.91 bits per heavy atom. The lowest BCUT2D eigenvalue weighted by Gasteiger charge is -2.52. The van der Waals surface area contributed by atoms with Gasteiger partial charge in [-0.15, -0.1) is 11.6 Å². The van der Waals surface area contributed by atoms with Crippen molar-refractivity contribution in [2.75, 3.05) is 17.7 Å². The molecule has 33 heavy (non-hydrogen) atoms. The number of hydrogen-bond donors (Lipinski definition) is 1. The predicted octanol–water partition coefficient (Wildman–Crippen LogP) is 5.29. The number of anilines is 1. The smallest absolute Gasteiger partial charge is 0.250 e. The summed E-state index contributed by atoms with van der Waals surface area (Å²) in [6, 6.07) is 13.7. The van der Waals surface area contributed by atoms with Crippen molar-refractivity contribution >= 4 is 54.2 Å². The fourth-order valence-corrected chi connectivity index (χ4v) is 4.08. The van der Waals surface area contributed by atoms with E-state index < -0.39 is 23.2 Å². The van der Waals surface area contributed by atoms with Gasteiger partial charge in [0.1, 0.15) is 17.2 Å². The van der Waals surface area contributed by atoms with E-state index in [1.165, 1.54) is 17.0 Å². The zero-order valence-corrected chi connectivity index (χ0v) is 20.8. The van der Waals surface area contributed by atoms with Gasteiger partial charge in [0.05, 0.1) is 18.4 Å². The number of hydrogen-bond acceptors (Lipinski definition) is 3. The number of halogens is 3. The molecule has 0 heterocycles. The van der Waals surface area contributed by atoms with E-state index >= 15 is 0 Å². The fraction of sp³-hybridized carbons (Fsp3) is 0.333. The summed E-state index contributed by atoms with van der Waals surface area (Å²) in [7, 11) is 0. The molecule has 0 atom stereocenters. The summed E-state index contributed by atoms with van der Waals surface area (Å²) in [5.41, 5.74) is 0.467. The molecule has 2 aromatic carbocycles. The van der Waals surface area contributed by atoms with Crippen molar-refractivity contribution in [3.63, 3.8) is 0 Å². The molecule has 2 aromatic rings. The Morgan fingerprint density at radius 3 is 2.48 bits per heavy atom. The first-order chi connectivity index (χ1) is 15.2. The van der Waals surface area contributed by atoms with E-state index in [-0.39, 0.29) is 55.6 Å². The Morgan fingerprint density at radius 1 is 1.24 bits per heavy atom. The molecule has 0 aromatic heterocycles. The van der Waals surface area contributed by atoms with Gasteiger partial charge in [0, 0.05) is 24.4 Å². The van der Waals surface area contributed by atoms with Crippen LogP contribution in [0.4, 0.5) is 10.1 Å². The van der Waals surface area contributed by atoms with E-state index in [4.69, 9.17) is 27.9 Å². The van der Waals surface area contributed by atoms with Gasteiger partial charge >= 0.3 is 0 Å². The first-order valence-electron chi connectivity index (χ1n) is 10.2. The van der Waals surface area contributed by atoms with Crippen LogP contribution < -0.4 is 5.32 Å². The number of benzene rings is 2. The molecule has 178 valence electrons. The van der Waals surface area contributed by atoms with Gasteiger partial charge in [-0.2, -0.15) is 13.5 Å². The molecule has 2 amide bonds. The molecule has 0 saturated heterocycles. The van der Waals surface area contributed by atoms with Crippen LogP contribution in [0.2, 0.25) is 5.02 Å². The zero-order valence-electron chi connectivity index (χ0n) is 18.2. The Hall–Kier alpha value is -2.06. The first-order valence-corrected chi connectivity index (χ1v) is 11.1. The van der Waals surface area contributed by atoms with E-state index in [9.17, 15) is 14.0 Å². The second-order valence-electron chi connectivity index (χ2n) is 8.01. The summed E-state index contributed by atoms with van der Waals surface area (Å²) in [4.78, 5) is 27.5. The highest BCUT2D eigenvalue weighted by molar-refractivity contribution is 7.59. The van der Waals surface area contributed by atoms with Crippen LogP contribution in [0, 0.1) is 5.82 Å². The summed E-state index contributed by atoms with van der Waals surface area (Å²) in [6.07, 6.45) is 0.278. The third kappa shape index (κ3) is 6.51. The molecule has 0 radical (unpaired) electrons. The minimum Gasteiger partial charge on any atom is -0.373 e. The quantitative estimate of drug-likeness (QED) is 0.366. The van der Waals surface area contributed by atoms with Crippen molar-refractivity contribution in [1.82, 2.24) is 4.90 Å². The Kier molecular flexibility index (Phi) is 9.79. The highest BCUT2D eigenvalue weighted by Gasteiger charge is 2.56. The van der Waals surface area contributed by atoms with Crippen molar-refractivity contribution in [2.45, 2.75) is 38.0 Å². The second kappa shape index (κ2) is 11.9. The van der Waals surface area contributed by atoms with Gasteiger partial charge in [0.25, 0.3) is 5.91 Å². The Bertz CT molecular complexity index is 1000. The molecule has 1 aliphatic rings. The fourth-order valence-electron chi connectivity index (χ4n) is 3.78. The molecule has 5 nitrogen and oxygen atoms in total. The summed E-state index contributed by atoms with van der Waals surface area (Å²) in [5, 5.41) is 2.83. The molecular formula is C24H27Cl2FN2O3S. The molecule has 0 unspecified atom stereocenters. The molecular weight excluding hydrogens is 486 g/mol. The van der Waals surface area contributed by atoms with Gasteiger partial charge in [-0.3, -0.25) is 9.59 Å². The van der Waals surface area contributed by atoms with Crippen LogP contribution in [0.25, 0.3) is 0 Å². The maximum atomic E-state index is 14.3. The minimum absolute atomic E-state index is 0. The number of carbonyl (C=O) groups excluding carboxylic acids is 2. The lowest BCUT2D eigenvalue weighted by atomic mass is 9.71. The van der Waals surface area contributed by atoms with Crippen molar-refractivity contribution in [1.29, 1.82) is 0 Å². The van der Waals surface area contributed by atoms with Gasteiger partial charge < -0.3 is 15.0 Å². The zero-order chi connectivity index (χ0) is 23.3. The van der Waals surface area contributed by atoms with E-state index in [0.717, 1.165) is 11.6 Å². The molecule has 0 bridgehead atoms. The highest BCUT2D eigenvalue weighted by Crippen LogP contribution is 2.42. The largest absolute Gasteiger partial charge is 0.373 e. The van der Waals surface area contributed by atoms with Gasteiger partial charge in [-0.05, 0) is 30.7 Å². The van der Waals surface area contributed by atoms with Crippen molar-refractivity contribution in [3.05, 3.63) is 77.1 Å². The lowest BCUT2D eigenvalue weighted by Crippen LogP contribution is -2.68. The van der Waals surface area contributed by atoms with Gasteiger partial charge in [-0.1, -0.05) is 54.1 Å².